The molecule has 1 heterocycles. The molecule has 90 valence electrons. The summed E-state index contributed by atoms with van der Waals surface area (Å²) in [5.41, 5.74) is 0. The van der Waals surface area contributed by atoms with E-state index in [1.807, 2.05) is 13.8 Å². The van der Waals surface area contributed by atoms with E-state index in [4.69, 9.17) is 4.74 Å². The Morgan fingerprint density at radius 1 is 1.53 bits per heavy atom. The lowest BCUT2D eigenvalue weighted by Crippen LogP contribution is -2.43. The number of sulfone groups is 1. The molecule has 4 nitrogen and oxygen atoms in total. The van der Waals surface area contributed by atoms with Crippen LogP contribution in [0.15, 0.2) is 0 Å². The van der Waals surface area contributed by atoms with E-state index in [-0.39, 0.29) is 23.7 Å². The SMILES string of the molecule is CCS(=O)(=O)CC(C)NC1CCOC1C. The normalized spacial score (nSPS) is 29.3. The van der Waals surface area contributed by atoms with E-state index in [0.29, 0.717) is 6.04 Å². The molecule has 5 heteroatoms. The zero-order chi connectivity index (χ0) is 11.5. The minimum Gasteiger partial charge on any atom is -0.377 e. The summed E-state index contributed by atoms with van der Waals surface area (Å²) in [6, 6.07) is 0.302. The highest BCUT2D eigenvalue weighted by atomic mass is 32.2. The molecule has 0 aliphatic carbocycles. The van der Waals surface area contributed by atoms with E-state index in [0.717, 1.165) is 13.0 Å². The van der Waals surface area contributed by atoms with E-state index in [9.17, 15) is 8.42 Å². The van der Waals surface area contributed by atoms with Gasteiger partial charge in [0.2, 0.25) is 0 Å². The lowest BCUT2D eigenvalue weighted by Gasteiger charge is -2.21. The Balaban J connectivity index is 2.39. The molecule has 1 saturated heterocycles. The molecule has 0 bridgehead atoms. The van der Waals surface area contributed by atoms with Crippen LogP contribution in [-0.2, 0) is 14.6 Å². The monoisotopic (exact) mass is 235 g/mol. The minimum atomic E-state index is -2.88. The van der Waals surface area contributed by atoms with Gasteiger partial charge < -0.3 is 10.1 Å². The van der Waals surface area contributed by atoms with Gasteiger partial charge in [-0.1, -0.05) is 6.92 Å². The lowest BCUT2D eigenvalue weighted by atomic mass is 10.1. The third-order valence-corrected chi connectivity index (χ3v) is 4.71. The Hall–Kier alpha value is -0.130. The molecule has 0 aromatic rings. The van der Waals surface area contributed by atoms with Crippen molar-refractivity contribution < 1.29 is 13.2 Å². The average Bonchev–Trinajstić information content (AvgIpc) is 2.51. The van der Waals surface area contributed by atoms with Gasteiger partial charge in [-0.05, 0) is 20.3 Å². The van der Waals surface area contributed by atoms with Gasteiger partial charge in [-0.3, -0.25) is 0 Å². The van der Waals surface area contributed by atoms with Gasteiger partial charge in [-0.25, -0.2) is 8.42 Å². The van der Waals surface area contributed by atoms with E-state index in [2.05, 4.69) is 5.32 Å². The van der Waals surface area contributed by atoms with Crippen LogP contribution < -0.4 is 5.32 Å². The van der Waals surface area contributed by atoms with Crippen LogP contribution in [0.5, 0.6) is 0 Å². The number of ether oxygens (including phenoxy) is 1. The Morgan fingerprint density at radius 3 is 2.67 bits per heavy atom. The van der Waals surface area contributed by atoms with Crippen molar-refractivity contribution in [3.8, 4) is 0 Å². The van der Waals surface area contributed by atoms with Gasteiger partial charge in [0.1, 0.15) is 0 Å². The number of nitrogens with one attached hydrogen (secondary N) is 1. The Kier molecular flexibility index (Phi) is 4.55. The zero-order valence-electron chi connectivity index (χ0n) is 9.69. The van der Waals surface area contributed by atoms with Gasteiger partial charge in [0.05, 0.1) is 11.9 Å². The maximum atomic E-state index is 11.4. The van der Waals surface area contributed by atoms with Crippen molar-refractivity contribution >= 4 is 9.84 Å². The number of rotatable bonds is 5. The molecular formula is C10H21NO3S. The van der Waals surface area contributed by atoms with Gasteiger partial charge in [-0.2, -0.15) is 0 Å². The first-order valence-corrected chi connectivity index (χ1v) is 7.35. The second-order valence-electron chi connectivity index (χ2n) is 4.24. The molecule has 0 amide bonds. The third kappa shape index (κ3) is 4.09. The average molecular weight is 235 g/mol. The fraction of sp³-hybridized carbons (Fsp3) is 1.00. The molecule has 3 atom stereocenters. The predicted molar refractivity (Wildman–Crippen MR) is 60.7 cm³/mol. The zero-order valence-corrected chi connectivity index (χ0v) is 10.5. The van der Waals surface area contributed by atoms with E-state index in [1.165, 1.54) is 0 Å². The Labute approximate surface area is 92.3 Å². The summed E-state index contributed by atoms with van der Waals surface area (Å²) >= 11 is 0. The first-order chi connectivity index (χ1) is 6.94. The van der Waals surface area contributed by atoms with E-state index in [1.54, 1.807) is 6.92 Å². The van der Waals surface area contributed by atoms with Crippen LogP contribution in [0.1, 0.15) is 27.2 Å². The highest BCUT2D eigenvalue weighted by Crippen LogP contribution is 2.13. The van der Waals surface area contributed by atoms with Crippen LogP contribution in [0, 0.1) is 0 Å². The van der Waals surface area contributed by atoms with Gasteiger partial charge in [0.15, 0.2) is 9.84 Å². The maximum Gasteiger partial charge on any atom is 0.151 e. The molecule has 0 aromatic heterocycles. The molecule has 0 radical (unpaired) electrons. The molecule has 15 heavy (non-hydrogen) atoms. The topological polar surface area (TPSA) is 55.4 Å². The Bertz CT molecular complexity index is 289. The van der Waals surface area contributed by atoms with Crippen molar-refractivity contribution in [2.24, 2.45) is 0 Å². The fourth-order valence-electron chi connectivity index (χ4n) is 1.86. The molecule has 1 aliphatic rings. The molecule has 0 aromatic carbocycles. The largest absolute Gasteiger partial charge is 0.377 e. The summed E-state index contributed by atoms with van der Waals surface area (Å²) in [6.45, 7) is 6.39. The van der Waals surface area contributed by atoms with Crippen LogP contribution in [-0.4, -0.2) is 44.7 Å². The number of hydrogen-bond donors (Lipinski definition) is 1. The van der Waals surface area contributed by atoms with Crippen molar-refractivity contribution in [1.29, 1.82) is 0 Å². The van der Waals surface area contributed by atoms with Crippen LogP contribution in [0.2, 0.25) is 0 Å². The van der Waals surface area contributed by atoms with Crippen LogP contribution in [0.4, 0.5) is 0 Å². The van der Waals surface area contributed by atoms with Gasteiger partial charge in [0.25, 0.3) is 0 Å². The lowest BCUT2D eigenvalue weighted by molar-refractivity contribution is 0.112. The van der Waals surface area contributed by atoms with E-state index >= 15 is 0 Å². The van der Waals surface area contributed by atoms with Crippen molar-refractivity contribution in [2.75, 3.05) is 18.1 Å². The second-order valence-corrected chi connectivity index (χ2v) is 6.64. The third-order valence-electron chi connectivity index (χ3n) is 2.82. The fourth-order valence-corrected chi connectivity index (χ4v) is 2.96. The molecule has 1 N–H and O–H groups in total. The summed E-state index contributed by atoms with van der Waals surface area (Å²) in [6.07, 6.45) is 1.16. The summed E-state index contributed by atoms with van der Waals surface area (Å²) in [5.74, 6) is 0.433. The highest BCUT2D eigenvalue weighted by Gasteiger charge is 2.26. The van der Waals surface area contributed by atoms with Crippen molar-refractivity contribution in [2.45, 2.75) is 45.4 Å². The molecule has 0 saturated carbocycles. The summed E-state index contributed by atoms with van der Waals surface area (Å²) in [7, 11) is -2.88. The molecular weight excluding hydrogens is 214 g/mol. The van der Waals surface area contributed by atoms with Gasteiger partial charge in [0, 0.05) is 24.4 Å². The standard InChI is InChI=1S/C10H21NO3S/c1-4-15(12,13)7-8(2)11-10-5-6-14-9(10)3/h8-11H,4-7H2,1-3H3. The summed E-state index contributed by atoms with van der Waals surface area (Å²) in [5, 5.41) is 3.31. The van der Waals surface area contributed by atoms with Crippen molar-refractivity contribution in [3.63, 3.8) is 0 Å². The van der Waals surface area contributed by atoms with Crippen LogP contribution in [0.3, 0.4) is 0 Å². The van der Waals surface area contributed by atoms with Crippen molar-refractivity contribution in [3.05, 3.63) is 0 Å². The molecule has 3 unspecified atom stereocenters. The molecule has 1 rings (SSSR count). The smallest absolute Gasteiger partial charge is 0.151 e. The molecule has 1 aliphatic heterocycles. The quantitative estimate of drug-likeness (QED) is 0.757. The first kappa shape index (κ1) is 12.9. The van der Waals surface area contributed by atoms with Crippen LogP contribution in [0.25, 0.3) is 0 Å². The summed E-state index contributed by atoms with van der Waals surface area (Å²) < 4.78 is 28.2. The minimum absolute atomic E-state index is 0.00380. The van der Waals surface area contributed by atoms with E-state index < -0.39 is 9.84 Å². The maximum absolute atomic E-state index is 11.4. The van der Waals surface area contributed by atoms with Crippen LogP contribution >= 0.6 is 0 Å². The van der Waals surface area contributed by atoms with Gasteiger partial charge in [-0.15, -0.1) is 0 Å². The number of hydrogen-bond acceptors (Lipinski definition) is 4. The molecule has 1 fully saturated rings. The summed E-state index contributed by atoms with van der Waals surface area (Å²) in [4.78, 5) is 0. The Morgan fingerprint density at radius 2 is 2.20 bits per heavy atom. The highest BCUT2D eigenvalue weighted by molar-refractivity contribution is 7.91. The first-order valence-electron chi connectivity index (χ1n) is 5.52. The predicted octanol–water partition coefficient (Wildman–Crippen LogP) is 0.577. The van der Waals surface area contributed by atoms with Gasteiger partial charge >= 0.3 is 0 Å². The molecule has 0 spiro atoms. The van der Waals surface area contributed by atoms with Crippen molar-refractivity contribution in [1.82, 2.24) is 5.32 Å². The second kappa shape index (κ2) is 5.27.